The highest BCUT2D eigenvalue weighted by atomic mass is 19.4. The first-order valence-electron chi connectivity index (χ1n) is 7.35. The van der Waals surface area contributed by atoms with Gasteiger partial charge in [0.1, 0.15) is 5.75 Å². The van der Waals surface area contributed by atoms with Gasteiger partial charge in [-0.2, -0.15) is 13.2 Å². The van der Waals surface area contributed by atoms with Crippen molar-refractivity contribution in [3.8, 4) is 5.75 Å². The second-order valence-electron chi connectivity index (χ2n) is 5.61. The number of halogens is 3. The van der Waals surface area contributed by atoms with E-state index in [-0.39, 0.29) is 12.3 Å². The van der Waals surface area contributed by atoms with Gasteiger partial charge in [0.25, 0.3) is 5.91 Å². The Labute approximate surface area is 138 Å². The van der Waals surface area contributed by atoms with Gasteiger partial charge < -0.3 is 10.1 Å². The van der Waals surface area contributed by atoms with E-state index in [9.17, 15) is 18.0 Å². The molecule has 0 aromatic heterocycles. The number of hydrogen-bond donors (Lipinski definition) is 1. The number of alkyl halides is 3. The van der Waals surface area contributed by atoms with Crippen molar-refractivity contribution >= 4 is 11.6 Å². The molecule has 6 heteroatoms. The van der Waals surface area contributed by atoms with E-state index in [0.717, 1.165) is 22.8 Å². The molecular weight excluding hydrogens is 319 g/mol. The van der Waals surface area contributed by atoms with Crippen LogP contribution in [0, 0.1) is 20.8 Å². The Balaban J connectivity index is 2.08. The number of amides is 1. The maximum Gasteiger partial charge on any atom is 0.418 e. The fraction of sp³-hybridized carbons (Fsp3) is 0.278. The highest BCUT2D eigenvalue weighted by Crippen LogP contribution is 2.34. The summed E-state index contributed by atoms with van der Waals surface area (Å²) in [4.78, 5) is 12.0. The van der Waals surface area contributed by atoms with Gasteiger partial charge in [-0.1, -0.05) is 29.8 Å². The lowest BCUT2D eigenvalue weighted by Crippen LogP contribution is -2.22. The largest absolute Gasteiger partial charge is 0.483 e. The van der Waals surface area contributed by atoms with Gasteiger partial charge in [0, 0.05) is 0 Å². The molecule has 0 saturated carbocycles. The fourth-order valence-corrected chi connectivity index (χ4v) is 2.56. The molecular formula is C18H18F3NO2. The highest BCUT2D eigenvalue weighted by molar-refractivity contribution is 5.92. The van der Waals surface area contributed by atoms with Crippen LogP contribution in [0.1, 0.15) is 22.3 Å². The maximum atomic E-state index is 12.9. The monoisotopic (exact) mass is 337 g/mol. The maximum absolute atomic E-state index is 12.9. The molecule has 0 unspecified atom stereocenters. The topological polar surface area (TPSA) is 38.3 Å². The molecule has 0 radical (unpaired) electrons. The van der Waals surface area contributed by atoms with E-state index in [1.54, 1.807) is 0 Å². The average Bonchev–Trinajstić information content (AvgIpc) is 2.45. The first kappa shape index (κ1) is 17.8. The van der Waals surface area contributed by atoms with Gasteiger partial charge in [-0.15, -0.1) is 0 Å². The van der Waals surface area contributed by atoms with E-state index >= 15 is 0 Å². The van der Waals surface area contributed by atoms with Crippen LogP contribution in [-0.2, 0) is 11.0 Å². The summed E-state index contributed by atoms with van der Waals surface area (Å²) in [6.45, 7) is 5.29. The number of hydrogen-bond acceptors (Lipinski definition) is 2. The van der Waals surface area contributed by atoms with Gasteiger partial charge in [-0.3, -0.25) is 4.79 Å². The molecule has 0 saturated heterocycles. The van der Waals surface area contributed by atoms with Gasteiger partial charge in [0.15, 0.2) is 6.61 Å². The lowest BCUT2D eigenvalue weighted by molar-refractivity contribution is -0.137. The van der Waals surface area contributed by atoms with Gasteiger partial charge in [0.05, 0.1) is 11.3 Å². The number of carbonyl (C=O) groups is 1. The van der Waals surface area contributed by atoms with Crippen LogP contribution < -0.4 is 10.1 Å². The molecule has 3 nitrogen and oxygen atoms in total. The third-order valence-corrected chi connectivity index (χ3v) is 3.46. The predicted octanol–water partition coefficient (Wildman–Crippen LogP) is 4.65. The third-order valence-electron chi connectivity index (χ3n) is 3.46. The van der Waals surface area contributed by atoms with E-state index in [2.05, 4.69) is 5.32 Å². The summed E-state index contributed by atoms with van der Waals surface area (Å²) in [5.41, 5.74) is 1.64. The van der Waals surface area contributed by atoms with Gasteiger partial charge in [-0.05, 0) is 44.0 Å². The molecule has 2 aromatic carbocycles. The number of anilines is 1. The van der Waals surface area contributed by atoms with Crippen molar-refractivity contribution in [2.24, 2.45) is 0 Å². The average molecular weight is 337 g/mol. The predicted molar refractivity (Wildman–Crippen MR) is 86.2 cm³/mol. The Morgan fingerprint density at radius 2 is 1.67 bits per heavy atom. The zero-order chi connectivity index (χ0) is 17.9. The Hall–Kier alpha value is -2.50. The number of nitrogens with one attached hydrogen (secondary N) is 1. The molecule has 0 aliphatic carbocycles. The van der Waals surface area contributed by atoms with Crippen LogP contribution >= 0.6 is 0 Å². The minimum Gasteiger partial charge on any atom is -0.483 e. The van der Waals surface area contributed by atoms with Crippen molar-refractivity contribution in [3.05, 3.63) is 58.7 Å². The summed E-state index contributed by atoms with van der Waals surface area (Å²) < 4.78 is 44.2. The van der Waals surface area contributed by atoms with Crippen molar-refractivity contribution in [1.82, 2.24) is 0 Å². The summed E-state index contributed by atoms with van der Waals surface area (Å²) in [6.07, 6.45) is -4.53. The highest BCUT2D eigenvalue weighted by Gasteiger charge is 2.33. The number of rotatable bonds is 4. The third kappa shape index (κ3) is 4.28. The molecule has 0 bridgehead atoms. The standard InChI is InChI=1S/C18H18F3NO2/c1-11-8-12(2)17(13(3)9-11)24-10-16(23)22-15-7-5-4-6-14(15)18(19,20)21/h4-9H,10H2,1-3H3,(H,22,23). The molecule has 0 fully saturated rings. The summed E-state index contributed by atoms with van der Waals surface area (Å²) in [6, 6.07) is 8.67. The van der Waals surface area contributed by atoms with Crippen molar-refractivity contribution in [2.75, 3.05) is 11.9 Å². The number of ether oxygens (including phenoxy) is 1. The van der Waals surface area contributed by atoms with Crippen LogP contribution in [0.5, 0.6) is 5.75 Å². The van der Waals surface area contributed by atoms with Crippen LogP contribution in [0.4, 0.5) is 18.9 Å². The minimum atomic E-state index is -4.53. The number of carbonyl (C=O) groups excluding carboxylic acids is 1. The van der Waals surface area contributed by atoms with Crippen LogP contribution in [0.15, 0.2) is 36.4 Å². The van der Waals surface area contributed by atoms with Gasteiger partial charge >= 0.3 is 6.18 Å². The molecule has 1 N–H and O–H groups in total. The van der Waals surface area contributed by atoms with Crippen LogP contribution in [0.3, 0.4) is 0 Å². The first-order chi connectivity index (χ1) is 11.2. The van der Waals surface area contributed by atoms with Crippen molar-refractivity contribution < 1.29 is 22.7 Å². The molecule has 1 amide bonds. The molecule has 0 aliphatic rings. The van der Waals surface area contributed by atoms with Crippen molar-refractivity contribution in [3.63, 3.8) is 0 Å². The van der Waals surface area contributed by atoms with Crippen LogP contribution in [-0.4, -0.2) is 12.5 Å². The first-order valence-corrected chi connectivity index (χ1v) is 7.35. The number of para-hydroxylation sites is 1. The SMILES string of the molecule is Cc1cc(C)c(OCC(=O)Nc2ccccc2C(F)(F)F)c(C)c1. The summed E-state index contributed by atoms with van der Waals surface area (Å²) in [7, 11) is 0. The van der Waals surface area contributed by atoms with Gasteiger partial charge in [-0.25, -0.2) is 0 Å². The molecule has 0 spiro atoms. The van der Waals surface area contributed by atoms with Gasteiger partial charge in [0.2, 0.25) is 0 Å². The molecule has 0 heterocycles. The lowest BCUT2D eigenvalue weighted by atomic mass is 10.1. The smallest absolute Gasteiger partial charge is 0.418 e. The summed E-state index contributed by atoms with van der Waals surface area (Å²) in [5, 5.41) is 2.25. The molecule has 0 aliphatic heterocycles. The minimum absolute atomic E-state index is 0.282. The number of aryl methyl sites for hydroxylation is 3. The van der Waals surface area contributed by atoms with E-state index < -0.39 is 17.6 Å². The summed E-state index contributed by atoms with van der Waals surface area (Å²) >= 11 is 0. The molecule has 0 atom stereocenters. The van der Waals surface area contributed by atoms with Crippen LogP contribution in [0.25, 0.3) is 0 Å². The Bertz CT molecular complexity index is 731. The quantitative estimate of drug-likeness (QED) is 0.882. The fourth-order valence-electron chi connectivity index (χ4n) is 2.56. The molecule has 128 valence electrons. The second-order valence-corrected chi connectivity index (χ2v) is 5.61. The molecule has 2 rings (SSSR count). The van der Waals surface area contributed by atoms with E-state index in [4.69, 9.17) is 4.74 Å². The van der Waals surface area contributed by atoms with E-state index in [1.165, 1.54) is 18.2 Å². The normalized spacial score (nSPS) is 11.2. The summed E-state index contributed by atoms with van der Waals surface area (Å²) in [5.74, 6) is -0.0778. The Kier molecular flexibility index (Phi) is 5.17. The zero-order valence-corrected chi connectivity index (χ0v) is 13.6. The molecule has 24 heavy (non-hydrogen) atoms. The van der Waals surface area contributed by atoms with E-state index in [0.29, 0.717) is 5.75 Å². The molecule has 2 aromatic rings. The van der Waals surface area contributed by atoms with E-state index in [1.807, 2.05) is 32.9 Å². The lowest BCUT2D eigenvalue weighted by Gasteiger charge is -2.15. The zero-order valence-electron chi connectivity index (χ0n) is 13.6. The second kappa shape index (κ2) is 6.95. The Morgan fingerprint density at radius 1 is 1.08 bits per heavy atom. The van der Waals surface area contributed by atoms with Crippen molar-refractivity contribution in [2.45, 2.75) is 26.9 Å². The van der Waals surface area contributed by atoms with Crippen LogP contribution in [0.2, 0.25) is 0 Å². The number of benzene rings is 2. The Morgan fingerprint density at radius 3 is 2.25 bits per heavy atom. The van der Waals surface area contributed by atoms with Crippen molar-refractivity contribution in [1.29, 1.82) is 0 Å².